The van der Waals surface area contributed by atoms with Crippen LogP contribution in [0, 0.1) is 70.7 Å². The lowest BCUT2D eigenvalue weighted by molar-refractivity contribution is -0.137. The number of rotatable bonds is 11. The van der Waals surface area contributed by atoms with Crippen molar-refractivity contribution in [3.05, 3.63) is 143 Å². The molecule has 0 radical (unpaired) electrons. The fraction of sp³-hybridized carbons (Fsp3) is 0.260. The van der Waals surface area contributed by atoms with Crippen molar-refractivity contribution in [2.24, 2.45) is 0 Å². The van der Waals surface area contributed by atoms with Crippen LogP contribution in [0.3, 0.4) is 0 Å². The first-order valence-electron chi connectivity index (χ1n) is 18.2. The van der Waals surface area contributed by atoms with Gasteiger partial charge in [0.15, 0.2) is 0 Å². The Labute approximate surface area is 318 Å². The van der Waals surface area contributed by atoms with Gasteiger partial charge in [0, 0.05) is 12.3 Å². The molecule has 0 aliphatic carbocycles. The average molecular weight is 707 g/mol. The van der Waals surface area contributed by atoms with Gasteiger partial charge in [0.05, 0.1) is 5.41 Å². The third-order valence-electron chi connectivity index (χ3n) is 9.96. The van der Waals surface area contributed by atoms with Gasteiger partial charge in [-0.25, -0.2) is 0 Å². The van der Waals surface area contributed by atoms with E-state index in [9.17, 15) is 9.90 Å². The summed E-state index contributed by atoms with van der Waals surface area (Å²) in [7, 11) is -1.82. The summed E-state index contributed by atoms with van der Waals surface area (Å²) in [6, 6.07) is 39.5. The van der Waals surface area contributed by atoms with Gasteiger partial charge in [-0.1, -0.05) is 163 Å². The standard InChI is InChI=1S/C50H46O2Si/c1-40(2)53(41(3)4,42(5)6)39-27-14-12-10-8-7-9-11-13-18-28-43(37-38-49(51)52)47-35-25-26-36-48(47)50(44-29-19-15-20-30-44,45-31-21-16-22-32-45)46-33-23-17-24-34-46/h15-17,19-26,29-36,40-43H,37-38H2,1-6H3,(H,51,52). The van der Waals surface area contributed by atoms with E-state index in [1.54, 1.807) is 0 Å². The second kappa shape index (κ2) is 19.5. The van der Waals surface area contributed by atoms with Gasteiger partial charge in [0.25, 0.3) is 0 Å². The second-order valence-corrected chi connectivity index (χ2v) is 19.4. The van der Waals surface area contributed by atoms with Gasteiger partial charge in [-0.3, -0.25) is 4.79 Å². The van der Waals surface area contributed by atoms with Crippen molar-refractivity contribution in [3.8, 4) is 70.7 Å². The van der Waals surface area contributed by atoms with Gasteiger partial charge in [0.2, 0.25) is 0 Å². The molecule has 0 bridgehead atoms. The number of carboxylic acid groups (broad SMARTS) is 1. The number of hydrogen-bond acceptors (Lipinski definition) is 1. The summed E-state index contributed by atoms with van der Waals surface area (Å²) < 4.78 is 0. The number of carbonyl (C=O) groups is 1. The van der Waals surface area contributed by atoms with Crippen molar-refractivity contribution in [3.63, 3.8) is 0 Å². The topological polar surface area (TPSA) is 37.3 Å². The van der Waals surface area contributed by atoms with Gasteiger partial charge >= 0.3 is 5.97 Å². The minimum atomic E-state index is -1.82. The molecule has 0 aromatic heterocycles. The van der Waals surface area contributed by atoms with Gasteiger partial charge in [-0.2, -0.15) is 0 Å². The molecule has 0 aliphatic rings. The molecule has 4 rings (SSSR count). The highest BCUT2D eigenvalue weighted by molar-refractivity contribution is 6.90. The summed E-state index contributed by atoms with van der Waals surface area (Å²) in [5, 5.41) is 9.71. The molecular weight excluding hydrogens is 661 g/mol. The fourth-order valence-electron chi connectivity index (χ4n) is 7.69. The highest BCUT2D eigenvalue weighted by Crippen LogP contribution is 2.48. The minimum Gasteiger partial charge on any atom is -0.481 e. The second-order valence-electron chi connectivity index (χ2n) is 13.8. The van der Waals surface area contributed by atoms with E-state index in [-0.39, 0.29) is 6.42 Å². The summed E-state index contributed by atoms with van der Waals surface area (Å²) in [6.45, 7) is 13.7. The third-order valence-corrected chi connectivity index (χ3v) is 16.3. The zero-order valence-electron chi connectivity index (χ0n) is 31.5. The third kappa shape index (κ3) is 9.63. The molecule has 53 heavy (non-hydrogen) atoms. The summed E-state index contributed by atoms with van der Waals surface area (Å²) in [4.78, 5) is 11.8. The van der Waals surface area contributed by atoms with Gasteiger partial charge < -0.3 is 5.11 Å². The Morgan fingerprint density at radius 1 is 0.547 bits per heavy atom. The summed E-state index contributed by atoms with van der Waals surface area (Å²) in [5.74, 6) is 30.3. The van der Waals surface area contributed by atoms with Crippen LogP contribution >= 0.6 is 0 Å². The number of carboxylic acids is 1. The van der Waals surface area contributed by atoms with Crippen molar-refractivity contribution in [2.75, 3.05) is 0 Å². The van der Waals surface area contributed by atoms with E-state index in [1.807, 2.05) is 30.3 Å². The Bertz CT molecular complexity index is 2110. The van der Waals surface area contributed by atoms with Gasteiger partial charge in [-0.15, -0.1) is 5.54 Å². The molecule has 3 heteroatoms. The molecule has 262 valence electrons. The van der Waals surface area contributed by atoms with Crippen LogP contribution in [0.2, 0.25) is 16.6 Å². The Balaban J connectivity index is 1.72. The van der Waals surface area contributed by atoms with Gasteiger partial charge in [0.1, 0.15) is 8.07 Å². The van der Waals surface area contributed by atoms with E-state index < -0.39 is 25.4 Å². The van der Waals surface area contributed by atoms with Crippen molar-refractivity contribution >= 4 is 14.0 Å². The molecular formula is C50H46O2Si. The van der Waals surface area contributed by atoms with Crippen LogP contribution in [0.1, 0.15) is 88.1 Å². The monoisotopic (exact) mass is 706 g/mol. The number of aliphatic carboxylic acids is 1. The first-order chi connectivity index (χ1) is 25.7. The first kappa shape index (κ1) is 39.7. The predicted octanol–water partition coefficient (Wildman–Crippen LogP) is 10.3. The summed E-state index contributed by atoms with van der Waals surface area (Å²) >= 11 is 0. The van der Waals surface area contributed by atoms with Crippen LogP contribution in [-0.4, -0.2) is 19.1 Å². The predicted molar refractivity (Wildman–Crippen MR) is 222 cm³/mol. The normalized spacial score (nSPS) is 11.0. The van der Waals surface area contributed by atoms with Crippen LogP contribution in [0.5, 0.6) is 0 Å². The van der Waals surface area contributed by atoms with Crippen LogP contribution in [0.25, 0.3) is 0 Å². The molecule has 0 aliphatic heterocycles. The van der Waals surface area contributed by atoms with Crippen LogP contribution in [0.15, 0.2) is 115 Å². The molecule has 0 spiro atoms. The maximum Gasteiger partial charge on any atom is 0.303 e. The lowest BCUT2D eigenvalue weighted by atomic mass is 9.63. The van der Waals surface area contributed by atoms with E-state index in [0.29, 0.717) is 23.0 Å². The molecule has 1 unspecified atom stereocenters. The minimum absolute atomic E-state index is 0.0352. The zero-order chi connectivity index (χ0) is 38.1. The highest BCUT2D eigenvalue weighted by atomic mass is 28.3. The molecule has 2 nitrogen and oxygen atoms in total. The molecule has 4 aromatic carbocycles. The molecule has 0 saturated heterocycles. The first-order valence-corrected chi connectivity index (χ1v) is 20.4. The van der Waals surface area contributed by atoms with E-state index in [1.165, 1.54) is 0 Å². The van der Waals surface area contributed by atoms with Crippen LogP contribution < -0.4 is 0 Å². The quantitative estimate of drug-likeness (QED) is 0.0958. The van der Waals surface area contributed by atoms with Crippen LogP contribution in [0.4, 0.5) is 0 Å². The molecule has 0 fully saturated rings. The smallest absolute Gasteiger partial charge is 0.303 e. The molecule has 0 amide bonds. The summed E-state index contributed by atoms with van der Waals surface area (Å²) in [6.07, 6.45) is 0.288. The maximum atomic E-state index is 11.8. The molecule has 1 atom stereocenters. The summed E-state index contributed by atoms with van der Waals surface area (Å²) in [5.41, 5.74) is 9.79. The Hall–Kier alpha value is -6.07. The van der Waals surface area contributed by atoms with Crippen LogP contribution in [-0.2, 0) is 10.2 Å². The van der Waals surface area contributed by atoms with E-state index in [0.717, 1.165) is 27.8 Å². The largest absolute Gasteiger partial charge is 0.481 e. The van der Waals surface area contributed by atoms with Crippen molar-refractivity contribution < 1.29 is 9.90 Å². The molecule has 1 N–H and O–H groups in total. The lowest BCUT2D eigenvalue weighted by Gasteiger charge is -2.39. The number of benzene rings is 4. The van der Waals surface area contributed by atoms with E-state index in [4.69, 9.17) is 0 Å². The average Bonchev–Trinajstić information content (AvgIpc) is 3.16. The Morgan fingerprint density at radius 2 is 0.925 bits per heavy atom. The highest BCUT2D eigenvalue weighted by Gasteiger charge is 2.42. The maximum absolute atomic E-state index is 11.8. The molecule has 4 aromatic rings. The molecule has 0 heterocycles. The van der Waals surface area contributed by atoms with E-state index in [2.05, 4.69) is 197 Å². The fourth-order valence-corrected chi connectivity index (χ4v) is 12.8. The number of hydrogen-bond donors (Lipinski definition) is 1. The van der Waals surface area contributed by atoms with Crippen molar-refractivity contribution in [1.82, 2.24) is 0 Å². The van der Waals surface area contributed by atoms with E-state index >= 15 is 0 Å². The molecule has 0 saturated carbocycles. The SMILES string of the molecule is CC(C)[Si](C#CC#CC#CC#CC#CC#CC(CCC(=O)O)c1ccccc1C(c1ccccc1)(c1ccccc1)c1ccccc1)(C(C)C)C(C)C. The van der Waals surface area contributed by atoms with Crippen molar-refractivity contribution in [1.29, 1.82) is 0 Å². The van der Waals surface area contributed by atoms with Gasteiger partial charge in [-0.05, 0) is 110 Å². The zero-order valence-corrected chi connectivity index (χ0v) is 32.5. The Kier molecular flexibility index (Phi) is 14.6. The lowest BCUT2D eigenvalue weighted by Crippen LogP contribution is -2.43. The Morgan fingerprint density at radius 3 is 1.34 bits per heavy atom. The van der Waals surface area contributed by atoms with Crippen molar-refractivity contribution in [2.45, 2.75) is 82.3 Å².